The molecular weight excluding hydrogens is 482 g/mol. The molecule has 0 saturated carbocycles. The van der Waals surface area contributed by atoms with Gasteiger partial charge in [0.2, 0.25) is 0 Å². The average Bonchev–Trinajstić information content (AvgIpc) is 3.21. The number of benzene rings is 2. The van der Waals surface area contributed by atoms with Gasteiger partial charge in [0.25, 0.3) is 0 Å². The Morgan fingerprint density at radius 2 is 1.75 bits per heavy atom. The van der Waals surface area contributed by atoms with Gasteiger partial charge in [-0.2, -0.15) is 35.9 Å². The van der Waals surface area contributed by atoms with Gasteiger partial charge in [0.1, 0.15) is 0 Å². The van der Waals surface area contributed by atoms with Gasteiger partial charge in [-0.15, -0.1) is 17.5 Å². The van der Waals surface area contributed by atoms with Crippen LogP contribution in [0.5, 0.6) is 0 Å². The van der Waals surface area contributed by atoms with Crippen molar-refractivity contribution in [2.24, 2.45) is 0 Å². The molecule has 0 bridgehead atoms. The Hall–Kier alpha value is -0.440. The number of fused-ring (bicyclic) bond motifs is 3. The van der Waals surface area contributed by atoms with E-state index in [1.807, 2.05) is 6.07 Å². The molecule has 2 aromatic carbocycles. The van der Waals surface area contributed by atoms with Crippen molar-refractivity contribution in [1.29, 1.82) is 0 Å². The van der Waals surface area contributed by atoms with Gasteiger partial charge < -0.3 is 29.9 Å². The number of aliphatic hydroxyl groups is 1. The summed E-state index contributed by atoms with van der Waals surface area (Å²) in [4.78, 5) is 0. The largest absolute Gasteiger partial charge is 4.00 e. The van der Waals surface area contributed by atoms with Gasteiger partial charge in [-0.3, -0.25) is 6.08 Å². The molecule has 2 aliphatic carbocycles. The fraction of sp³-hybridized carbons (Fsp3) is 0.304. The number of halogens is 2. The number of hydrogen-bond donors (Lipinski definition) is 1. The zero-order valence-electron chi connectivity index (χ0n) is 16.5. The van der Waals surface area contributed by atoms with Crippen molar-refractivity contribution < 1.29 is 56.1 Å². The molecule has 28 heavy (non-hydrogen) atoms. The van der Waals surface area contributed by atoms with Gasteiger partial charge in [-0.1, -0.05) is 56.3 Å². The first-order chi connectivity index (χ1) is 12.1. The quantitative estimate of drug-likeness (QED) is 0.433. The summed E-state index contributed by atoms with van der Waals surface area (Å²) in [5.41, 5.74) is 6.85. The van der Waals surface area contributed by atoms with Crippen LogP contribution in [0.25, 0.3) is 11.1 Å². The molecule has 0 amide bonds. The van der Waals surface area contributed by atoms with Crippen molar-refractivity contribution in [3.05, 3.63) is 82.6 Å². The van der Waals surface area contributed by atoms with Crippen LogP contribution in [-0.4, -0.2) is 20.5 Å². The molecule has 5 heteroatoms. The molecule has 1 nitrogen and oxygen atoms in total. The van der Waals surface area contributed by atoms with Crippen LogP contribution in [-0.2, 0) is 26.2 Å². The third-order valence-corrected chi connectivity index (χ3v) is 6.37. The Balaban J connectivity index is 0.000000483. The summed E-state index contributed by atoms with van der Waals surface area (Å²) in [5.74, 6) is 0.502. The van der Waals surface area contributed by atoms with E-state index < -0.39 is 0 Å². The van der Waals surface area contributed by atoms with E-state index in [4.69, 9.17) is 5.11 Å². The van der Waals surface area contributed by atoms with Crippen LogP contribution in [0.1, 0.15) is 36.8 Å². The van der Waals surface area contributed by atoms with Crippen LogP contribution in [0.2, 0.25) is 13.1 Å². The molecule has 0 aliphatic heterocycles. The second-order valence-corrected chi connectivity index (χ2v) is 9.27. The summed E-state index contributed by atoms with van der Waals surface area (Å²) in [6.45, 7) is 7.06. The van der Waals surface area contributed by atoms with Crippen LogP contribution in [0, 0.1) is 12.1 Å². The van der Waals surface area contributed by atoms with Crippen LogP contribution in [0.4, 0.5) is 0 Å². The van der Waals surface area contributed by atoms with Gasteiger partial charge >= 0.3 is 26.2 Å². The maximum absolute atomic E-state index is 8.76. The number of allylic oxidation sites excluding steroid dienone is 3. The van der Waals surface area contributed by atoms with Crippen molar-refractivity contribution in [2.75, 3.05) is 6.61 Å². The summed E-state index contributed by atoms with van der Waals surface area (Å²) in [6.07, 6.45) is 7.31. The van der Waals surface area contributed by atoms with Crippen LogP contribution >= 0.6 is 0 Å². The molecule has 1 atom stereocenters. The van der Waals surface area contributed by atoms with Gasteiger partial charge in [0, 0.05) is 15.4 Å². The third-order valence-electron chi connectivity index (χ3n) is 4.87. The Morgan fingerprint density at radius 3 is 2.43 bits per heavy atom. The first kappa shape index (κ1) is 27.6. The van der Waals surface area contributed by atoms with Crippen molar-refractivity contribution in [2.45, 2.75) is 38.8 Å². The Labute approximate surface area is 202 Å². The summed E-state index contributed by atoms with van der Waals surface area (Å²) >= 11 is 0. The van der Waals surface area contributed by atoms with E-state index in [1.54, 1.807) is 0 Å². The molecule has 0 spiro atoms. The summed E-state index contributed by atoms with van der Waals surface area (Å²) in [6, 6.07) is 18.2. The van der Waals surface area contributed by atoms with E-state index in [1.165, 1.54) is 33.0 Å². The molecule has 1 N–H and O–H groups in total. The average molecular weight is 508 g/mol. The molecule has 145 valence electrons. The predicted molar refractivity (Wildman–Crippen MR) is 107 cm³/mol. The third kappa shape index (κ3) is 6.03. The van der Waals surface area contributed by atoms with Gasteiger partial charge in [-0.25, -0.2) is 5.20 Å². The summed E-state index contributed by atoms with van der Waals surface area (Å²) < 4.78 is 0. The Morgan fingerprint density at radius 1 is 1.07 bits per heavy atom. The normalized spacial score (nSPS) is 15.5. The molecule has 0 saturated heterocycles. The summed E-state index contributed by atoms with van der Waals surface area (Å²) in [7, 11) is -0.356. The van der Waals surface area contributed by atoms with E-state index >= 15 is 0 Å². The van der Waals surface area contributed by atoms with E-state index in [0.717, 1.165) is 12.8 Å². The molecular formula is C23H25Cl2OSiZr. The van der Waals surface area contributed by atoms with Gasteiger partial charge in [0.05, 0.1) is 0 Å². The first-order valence-electron chi connectivity index (χ1n) is 8.95. The summed E-state index contributed by atoms with van der Waals surface area (Å²) in [5, 5.41) is 10.2. The standard InChI is InChI=1S/C14H11.C9H14OSi.2ClH.Zr/c1-10-11-6-2-4-8-13(11)14-9-5-3-7-12(10)14;1-11(2)9-5-3-4-8(9)6-7-10;;;/h2-6,8-10H,1H3;4,10H,3,6-7H2,1-2H3;2*1H;/q2*-1;;;+4/p-2. The number of hydrogen-bond acceptors (Lipinski definition) is 1. The van der Waals surface area contributed by atoms with Gasteiger partial charge in [-0.05, 0) is 11.5 Å². The molecule has 1 radical (unpaired) electrons. The predicted octanol–water partition coefficient (Wildman–Crippen LogP) is -0.653. The van der Waals surface area contributed by atoms with E-state index in [-0.39, 0.29) is 66.4 Å². The molecule has 1 unspecified atom stereocenters. The zero-order chi connectivity index (χ0) is 17.8. The minimum absolute atomic E-state index is 0. The SMILES string of the molecule is CC1c2[c-]cccc2-c2ccccc21.C[Si](C)C1=[C-]CC=C1CCO.[Cl-].[Cl-].[Zr+4]. The van der Waals surface area contributed by atoms with Crippen LogP contribution in [0.3, 0.4) is 0 Å². The van der Waals surface area contributed by atoms with E-state index in [2.05, 4.69) is 74.6 Å². The van der Waals surface area contributed by atoms with Crippen LogP contribution < -0.4 is 24.8 Å². The second kappa shape index (κ2) is 13.0. The minimum atomic E-state index is -0.356. The first-order valence-corrected chi connectivity index (χ1v) is 11.4. The molecule has 2 aromatic rings. The van der Waals surface area contributed by atoms with E-state index in [0.29, 0.717) is 5.92 Å². The van der Waals surface area contributed by atoms with E-state index in [9.17, 15) is 0 Å². The molecule has 0 fully saturated rings. The van der Waals surface area contributed by atoms with Gasteiger partial charge in [0.15, 0.2) is 0 Å². The van der Waals surface area contributed by atoms with Crippen LogP contribution in [0.15, 0.2) is 59.3 Å². The van der Waals surface area contributed by atoms with Crippen molar-refractivity contribution in [3.8, 4) is 11.1 Å². The fourth-order valence-electron chi connectivity index (χ4n) is 3.66. The Bertz CT molecular complexity index is 772. The number of rotatable bonds is 3. The smallest absolute Gasteiger partial charge is 1.00 e. The van der Waals surface area contributed by atoms with Crippen molar-refractivity contribution >= 4 is 8.80 Å². The maximum Gasteiger partial charge on any atom is 4.00 e. The fourth-order valence-corrected chi connectivity index (χ4v) is 4.98. The second-order valence-electron chi connectivity index (χ2n) is 6.77. The van der Waals surface area contributed by atoms with Crippen molar-refractivity contribution in [3.63, 3.8) is 0 Å². The topological polar surface area (TPSA) is 20.2 Å². The maximum atomic E-state index is 8.76. The Kier molecular flexibility index (Phi) is 12.8. The zero-order valence-corrected chi connectivity index (χ0v) is 21.5. The number of aliphatic hydroxyl groups excluding tert-OH is 1. The minimum Gasteiger partial charge on any atom is -1.00 e. The monoisotopic (exact) mass is 505 g/mol. The molecule has 2 aliphatic rings. The molecule has 0 heterocycles. The van der Waals surface area contributed by atoms with Crippen molar-refractivity contribution in [1.82, 2.24) is 0 Å². The molecule has 4 rings (SSSR count). The molecule has 0 aromatic heterocycles.